The quantitative estimate of drug-likeness (QED) is 0.582. The van der Waals surface area contributed by atoms with Crippen molar-refractivity contribution in [1.29, 1.82) is 0 Å². The molecular weight excluding hydrogens is 440 g/mol. The van der Waals surface area contributed by atoms with Crippen molar-refractivity contribution in [2.75, 3.05) is 18.4 Å². The van der Waals surface area contributed by atoms with Gasteiger partial charge in [-0.2, -0.15) is 0 Å². The fraction of sp³-hybridized carbons (Fsp3) is 0.435. The maximum atomic E-state index is 13.2. The van der Waals surface area contributed by atoms with Crippen LogP contribution in [-0.4, -0.2) is 56.6 Å². The number of aromatic nitrogens is 3. The van der Waals surface area contributed by atoms with Crippen LogP contribution in [0.15, 0.2) is 35.8 Å². The lowest BCUT2D eigenvalue weighted by molar-refractivity contribution is 0.0290. The number of pyridine rings is 1. The number of amides is 2. The molecule has 0 spiro atoms. The average molecular weight is 469 g/mol. The fourth-order valence-electron chi connectivity index (χ4n) is 3.61. The van der Waals surface area contributed by atoms with E-state index in [1.807, 2.05) is 57.3 Å². The van der Waals surface area contributed by atoms with E-state index in [4.69, 9.17) is 4.74 Å². The van der Waals surface area contributed by atoms with Gasteiger partial charge in [0.05, 0.1) is 22.0 Å². The number of rotatable bonds is 5. The maximum absolute atomic E-state index is 13.2. The topological polar surface area (TPSA) is 109 Å². The second-order valence-electron chi connectivity index (χ2n) is 9.04. The van der Waals surface area contributed by atoms with Crippen molar-refractivity contribution in [1.82, 2.24) is 25.2 Å². The Kier molecular flexibility index (Phi) is 6.46. The molecule has 1 fully saturated rings. The number of carbonyl (C=O) groups is 2. The van der Waals surface area contributed by atoms with Crippen LogP contribution in [0, 0.1) is 0 Å². The molecule has 2 N–H and O–H groups in total. The molecule has 10 heteroatoms. The minimum absolute atomic E-state index is 0.129. The van der Waals surface area contributed by atoms with Gasteiger partial charge in [0, 0.05) is 25.3 Å². The predicted octanol–water partition coefficient (Wildman–Crippen LogP) is 4.00. The van der Waals surface area contributed by atoms with Crippen LogP contribution in [0.5, 0.6) is 0 Å². The molecule has 1 aliphatic rings. The summed E-state index contributed by atoms with van der Waals surface area (Å²) in [7, 11) is 0. The zero-order valence-electron chi connectivity index (χ0n) is 19.2. The van der Waals surface area contributed by atoms with Crippen molar-refractivity contribution in [3.05, 3.63) is 47.2 Å². The van der Waals surface area contributed by atoms with E-state index >= 15 is 0 Å². The summed E-state index contributed by atoms with van der Waals surface area (Å²) in [4.78, 5) is 40.5. The van der Waals surface area contributed by atoms with Gasteiger partial charge in [-0.05, 0) is 57.7 Å². The van der Waals surface area contributed by atoms with E-state index in [1.165, 1.54) is 11.3 Å². The van der Waals surface area contributed by atoms with Gasteiger partial charge in [0.25, 0.3) is 5.91 Å². The van der Waals surface area contributed by atoms with Crippen molar-refractivity contribution in [2.24, 2.45) is 0 Å². The molecule has 0 bridgehead atoms. The van der Waals surface area contributed by atoms with E-state index in [-0.39, 0.29) is 24.1 Å². The first kappa shape index (κ1) is 22.9. The van der Waals surface area contributed by atoms with E-state index in [2.05, 4.69) is 25.6 Å². The number of thiophene rings is 1. The SMILES string of the molecule is CC(Nc1nc(C(=O)NC2CCN(C(=O)OC(C)(C)C)C2)c2sccc2n1)c1ccccn1. The van der Waals surface area contributed by atoms with Crippen LogP contribution in [0.3, 0.4) is 0 Å². The van der Waals surface area contributed by atoms with Crippen molar-refractivity contribution in [2.45, 2.75) is 51.8 Å². The third-order valence-corrected chi connectivity index (χ3v) is 6.08. The molecule has 3 aromatic rings. The van der Waals surface area contributed by atoms with Crippen LogP contribution in [-0.2, 0) is 4.74 Å². The molecule has 2 amide bonds. The zero-order valence-corrected chi connectivity index (χ0v) is 20.0. The molecule has 33 heavy (non-hydrogen) atoms. The Balaban J connectivity index is 1.47. The third-order valence-electron chi connectivity index (χ3n) is 5.17. The Bertz CT molecular complexity index is 1140. The highest BCUT2D eigenvalue weighted by molar-refractivity contribution is 7.17. The molecule has 4 heterocycles. The van der Waals surface area contributed by atoms with Crippen LogP contribution >= 0.6 is 11.3 Å². The predicted molar refractivity (Wildman–Crippen MR) is 127 cm³/mol. The highest BCUT2D eigenvalue weighted by Gasteiger charge is 2.31. The molecule has 0 aromatic carbocycles. The van der Waals surface area contributed by atoms with Gasteiger partial charge in [-0.1, -0.05) is 6.07 Å². The van der Waals surface area contributed by atoms with Gasteiger partial charge in [0.15, 0.2) is 5.69 Å². The minimum Gasteiger partial charge on any atom is -0.444 e. The number of anilines is 1. The highest BCUT2D eigenvalue weighted by Crippen LogP contribution is 2.25. The molecule has 0 aliphatic carbocycles. The lowest BCUT2D eigenvalue weighted by Gasteiger charge is -2.24. The summed E-state index contributed by atoms with van der Waals surface area (Å²) in [5, 5.41) is 8.16. The Labute approximate surface area is 196 Å². The summed E-state index contributed by atoms with van der Waals surface area (Å²) >= 11 is 1.43. The number of nitrogens with one attached hydrogen (secondary N) is 2. The highest BCUT2D eigenvalue weighted by atomic mass is 32.1. The van der Waals surface area contributed by atoms with Gasteiger partial charge in [-0.15, -0.1) is 11.3 Å². The van der Waals surface area contributed by atoms with Crippen molar-refractivity contribution >= 4 is 39.5 Å². The number of ether oxygens (including phenoxy) is 1. The van der Waals surface area contributed by atoms with E-state index < -0.39 is 5.60 Å². The summed E-state index contributed by atoms with van der Waals surface area (Å²) in [5.74, 6) is 0.0837. The first-order valence-corrected chi connectivity index (χ1v) is 11.8. The Morgan fingerprint density at radius 3 is 2.79 bits per heavy atom. The van der Waals surface area contributed by atoms with Gasteiger partial charge in [-0.3, -0.25) is 9.78 Å². The molecule has 9 nitrogen and oxygen atoms in total. The molecule has 0 radical (unpaired) electrons. The van der Waals surface area contributed by atoms with Gasteiger partial charge in [-0.25, -0.2) is 14.8 Å². The maximum Gasteiger partial charge on any atom is 0.410 e. The van der Waals surface area contributed by atoms with E-state index in [9.17, 15) is 9.59 Å². The van der Waals surface area contributed by atoms with Crippen LogP contribution in [0.4, 0.5) is 10.7 Å². The normalized spacial score (nSPS) is 17.1. The van der Waals surface area contributed by atoms with Crippen LogP contribution < -0.4 is 10.6 Å². The summed E-state index contributed by atoms with van der Waals surface area (Å²) < 4.78 is 6.17. The summed E-state index contributed by atoms with van der Waals surface area (Å²) in [6.07, 6.45) is 2.03. The first-order chi connectivity index (χ1) is 15.7. The first-order valence-electron chi connectivity index (χ1n) is 10.9. The van der Waals surface area contributed by atoms with Gasteiger partial charge in [0.2, 0.25) is 5.95 Å². The van der Waals surface area contributed by atoms with Gasteiger partial charge in [0.1, 0.15) is 5.60 Å². The summed E-state index contributed by atoms with van der Waals surface area (Å²) in [6, 6.07) is 7.28. The van der Waals surface area contributed by atoms with Crippen molar-refractivity contribution in [3.8, 4) is 0 Å². The summed E-state index contributed by atoms with van der Waals surface area (Å²) in [6.45, 7) is 8.41. The summed E-state index contributed by atoms with van der Waals surface area (Å²) in [5.41, 5.74) is 1.32. The number of likely N-dealkylation sites (tertiary alicyclic amines) is 1. The molecule has 2 atom stereocenters. The lowest BCUT2D eigenvalue weighted by Crippen LogP contribution is -2.40. The number of hydrogen-bond donors (Lipinski definition) is 2. The number of hydrogen-bond acceptors (Lipinski definition) is 8. The molecular formula is C23H28N6O3S. The monoisotopic (exact) mass is 468 g/mol. The van der Waals surface area contributed by atoms with Gasteiger partial charge >= 0.3 is 6.09 Å². The van der Waals surface area contributed by atoms with E-state index in [1.54, 1.807) is 11.1 Å². The zero-order chi connectivity index (χ0) is 23.6. The minimum atomic E-state index is -0.556. The number of carbonyl (C=O) groups excluding carboxylic acids is 2. The van der Waals surface area contributed by atoms with Crippen molar-refractivity contribution < 1.29 is 14.3 Å². The van der Waals surface area contributed by atoms with Crippen LogP contribution in [0.2, 0.25) is 0 Å². The lowest BCUT2D eigenvalue weighted by atomic mass is 10.2. The van der Waals surface area contributed by atoms with E-state index in [0.29, 0.717) is 36.7 Å². The molecule has 1 aliphatic heterocycles. The second-order valence-corrected chi connectivity index (χ2v) is 9.95. The fourth-order valence-corrected chi connectivity index (χ4v) is 4.42. The largest absolute Gasteiger partial charge is 0.444 e. The van der Waals surface area contributed by atoms with Gasteiger partial charge < -0.3 is 20.3 Å². The Morgan fingerprint density at radius 2 is 2.06 bits per heavy atom. The number of nitrogens with zero attached hydrogens (tertiary/aromatic N) is 4. The van der Waals surface area contributed by atoms with E-state index in [0.717, 1.165) is 10.4 Å². The Morgan fingerprint density at radius 1 is 1.24 bits per heavy atom. The molecule has 2 unspecified atom stereocenters. The smallest absolute Gasteiger partial charge is 0.410 e. The molecule has 3 aromatic heterocycles. The molecule has 0 saturated carbocycles. The Hall–Kier alpha value is -3.27. The third kappa shape index (κ3) is 5.57. The average Bonchev–Trinajstić information content (AvgIpc) is 3.42. The van der Waals surface area contributed by atoms with Crippen LogP contribution in [0.1, 0.15) is 56.3 Å². The molecule has 174 valence electrons. The standard InChI is InChI=1S/C23H28N6O3S/c1-14(16-7-5-6-10-24-16)25-21-27-17-9-12-33-19(17)18(28-21)20(30)26-15-8-11-29(13-15)22(31)32-23(2,3)4/h5-7,9-10,12,14-15H,8,11,13H2,1-4H3,(H,26,30)(H,25,27,28). The van der Waals surface area contributed by atoms with Crippen molar-refractivity contribution in [3.63, 3.8) is 0 Å². The second kappa shape index (κ2) is 9.30. The number of fused-ring (bicyclic) bond motifs is 1. The van der Waals surface area contributed by atoms with Crippen LogP contribution in [0.25, 0.3) is 10.2 Å². The molecule has 1 saturated heterocycles. The molecule has 4 rings (SSSR count).